The molecule has 0 atom stereocenters. The average molecular weight is 321 g/mol. The van der Waals surface area contributed by atoms with Gasteiger partial charge in [0.2, 0.25) is 0 Å². The van der Waals surface area contributed by atoms with Crippen LogP contribution in [0.25, 0.3) is 23.2 Å². The molecule has 7 heteroatoms. The Morgan fingerprint density at radius 2 is 1.92 bits per heavy atom. The molecule has 0 bridgehead atoms. The highest BCUT2D eigenvalue weighted by Gasteiger charge is 2.04. The van der Waals surface area contributed by atoms with Gasteiger partial charge in [-0.1, -0.05) is 12.1 Å². The molecule has 0 radical (unpaired) electrons. The Balaban J connectivity index is 1.87. The van der Waals surface area contributed by atoms with Crippen LogP contribution in [0, 0.1) is 9.81 Å². The fourth-order valence-electron chi connectivity index (χ4n) is 2.39. The maximum atomic E-state index is 10.7. The molecule has 0 spiro atoms. The van der Waals surface area contributed by atoms with Gasteiger partial charge in [-0.05, 0) is 59.2 Å². The molecule has 0 unspecified atom stereocenters. The predicted molar refractivity (Wildman–Crippen MR) is 96.5 cm³/mol. The lowest BCUT2D eigenvalue weighted by atomic mass is 10.1. The Morgan fingerprint density at radius 3 is 2.67 bits per heavy atom. The average Bonchev–Trinajstić information content (AvgIpc) is 3.02. The maximum absolute atomic E-state index is 10.7. The third-order valence-corrected chi connectivity index (χ3v) is 3.51. The van der Waals surface area contributed by atoms with Crippen LogP contribution >= 0.6 is 0 Å². The lowest BCUT2D eigenvalue weighted by Crippen LogP contribution is -1.95. The van der Waals surface area contributed by atoms with E-state index in [1.807, 2.05) is 25.1 Å². The number of anilines is 1. The SMILES string of the molecule is CCNc1ccc2[nH]c(/C=C/c3ccc(N=O)c(N=O)c3)nc2c1. The molecule has 2 aromatic carbocycles. The van der Waals surface area contributed by atoms with Crippen LogP contribution < -0.4 is 5.32 Å². The summed E-state index contributed by atoms with van der Waals surface area (Å²) in [4.78, 5) is 29.0. The molecular formula is C17H15N5O2. The number of nitroso groups, excluding NO2 is 2. The zero-order valence-corrected chi connectivity index (χ0v) is 13.0. The van der Waals surface area contributed by atoms with Gasteiger partial charge in [-0.3, -0.25) is 0 Å². The Labute approximate surface area is 137 Å². The maximum Gasteiger partial charge on any atom is 0.137 e. The van der Waals surface area contributed by atoms with Crippen LogP contribution in [-0.4, -0.2) is 16.5 Å². The van der Waals surface area contributed by atoms with E-state index in [4.69, 9.17) is 0 Å². The fraction of sp³-hybridized carbons (Fsp3) is 0.118. The summed E-state index contributed by atoms with van der Waals surface area (Å²) in [6.07, 6.45) is 3.58. The number of H-pyrrole nitrogens is 1. The minimum Gasteiger partial charge on any atom is -0.385 e. The van der Waals surface area contributed by atoms with Crippen LogP contribution in [0.15, 0.2) is 46.8 Å². The summed E-state index contributed by atoms with van der Waals surface area (Å²) in [6, 6.07) is 10.6. The molecule has 3 aromatic rings. The van der Waals surface area contributed by atoms with Crippen molar-refractivity contribution < 1.29 is 0 Å². The van der Waals surface area contributed by atoms with Crippen LogP contribution in [0.3, 0.4) is 0 Å². The Bertz CT molecular complexity index is 930. The number of imidazole rings is 1. The summed E-state index contributed by atoms with van der Waals surface area (Å²) in [5.74, 6) is 0.692. The van der Waals surface area contributed by atoms with Gasteiger partial charge in [0.15, 0.2) is 0 Å². The first-order valence-corrected chi connectivity index (χ1v) is 7.46. The minimum atomic E-state index is 0.0204. The molecule has 0 saturated carbocycles. The lowest BCUT2D eigenvalue weighted by molar-refractivity contribution is 1.21. The van der Waals surface area contributed by atoms with E-state index in [0.717, 1.165) is 28.8 Å². The van der Waals surface area contributed by atoms with Crippen molar-refractivity contribution in [1.82, 2.24) is 9.97 Å². The highest BCUT2D eigenvalue weighted by Crippen LogP contribution is 2.29. The smallest absolute Gasteiger partial charge is 0.137 e. The quantitative estimate of drug-likeness (QED) is 0.626. The van der Waals surface area contributed by atoms with Crippen molar-refractivity contribution in [2.24, 2.45) is 10.4 Å². The molecule has 0 amide bonds. The second-order valence-electron chi connectivity index (χ2n) is 5.15. The second kappa shape index (κ2) is 6.82. The highest BCUT2D eigenvalue weighted by molar-refractivity contribution is 5.82. The summed E-state index contributed by atoms with van der Waals surface area (Å²) < 4.78 is 0. The van der Waals surface area contributed by atoms with Crippen molar-refractivity contribution >= 4 is 40.2 Å². The van der Waals surface area contributed by atoms with E-state index in [1.54, 1.807) is 18.2 Å². The van der Waals surface area contributed by atoms with Gasteiger partial charge in [-0.2, -0.15) is 0 Å². The number of nitrogens with zero attached hydrogens (tertiary/aromatic N) is 3. The monoisotopic (exact) mass is 321 g/mol. The van der Waals surface area contributed by atoms with Crippen molar-refractivity contribution in [2.75, 3.05) is 11.9 Å². The van der Waals surface area contributed by atoms with E-state index >= 15 is 0 Å². The molecule has 3 rings (SSSR count). The van der Waals surface area contributed by atoms with E-state index in [0.29, 0.717) is 5.82 Å². The number of rotatable bonds is 6. The minimum absolute atomic E-state index is 0.0204. The molecule has 2 N–H and O–H groups in total. The molecule has 7 nitrogen and oxygen atoms in total. The van der Waals surface area contributed by atoms with Crippen molar-refractivity contribution in [1.29, 1.82) is 0 Å². The van der Waals surface area contributed by atoms with Crippen molar-refractivity contribution in [3.63, 3.8) is 0 Å². The molecular weight excluding hydrogens is 306 g/mol. The molecule has 0 aliphatic heterocycles. The first-order valence-electron chi connectivity index (χ1n) is 7.46. The molecule has 0 aliphatic carbocycles. The first kappa shape index (κ1) is 15.5. The van der Waals surface area contributed by atoms with Gasteiger partial charge >= 0.3 is 0 Å². The van der Waals surface area contributed by atoms with Gasteiger partial charge in [-0.15, -0.1) is 9.81 Å². The number of nitrogens with one attached hydrogen (secondary N) is 2. The van der Waals surface area contributed by atoms with Crippen LogP contribution in [-0.2, 0) is 0 Å². The zero-order chi connectivity index (χ0) is 16.9. The Morgan fingerprint density at radius 1 is 1.08 bits per heavy atom. The van der Waals surface area contributed by atoms with Crippen LogP contribution in [0.2, 0.25) is 0 Å². The summed E-state index contributed by atoms with van der Waals surface area (Å²) in [6.45, 7) is 2.89. The van der Waals surface area contributed by atoms with E-state index < -0.39 is 0 Å². The third kappa shape index (κ3) is 3.19. The molecule has 120 valence electrons. The summed E-state index contributed by atoms with van der Waals surface area (Å²) in [5, 5.41) is 8.82. The van der Waals surface area contributed by atoms with E-state index in [2.05, 4.69) is 25.6 Å². The first-order chi connectivity index (χ1) is 11.7. The van der Waals surface area contributed by atoms with Crippen LogP contribution in [0.4, 0.5) is 17.1 Å². The van der Waals surface area contributed by atoms with Crippen molar-refractivity contribution in [2.45, 2.75) is 6.92 Å². The highest BCUT2D eigenvalue weighted by atomic mass is 16.3. The number of aromatic nitrogens is 2. The van der Waals surface area contributed by atoms with Gasteiger partial charge in [0, 0.05) is 12.2 Å². The third-order valence-electron chi connectivity index (χ3n) is 3.51. The van der Waals surface area contributed by atoms with Gasteiger partial charge in [0.1, 0.15) is 17.2 Å². The van der Waals surface area contributed by atoms with E-state index in [1.165, 1.54) is 12.1 Å². The number of aromatic amines is 1. The van der Waals surface area contributed by atoms with Gasteiger partial charge in [0.05, 0.1) is 11.0 Å². The Hall–Kier alpha value is -3.35. The molecule has 0 fully saturated rings. The topological polar surface area (TPSA) is 99.6 Å². The number of hydrogen-bond acceptors (Lipinski definition) is 6. The Kier molecular flexibility index (Phi) is 4.42. The van der Waals surface area contributed by atoms with Crippen LogP contribution in [0.5, 0.6) is 0 Å². The fourth-order valence-corrected chi connectivity index (χ4v) is 2.39. The second-order valence-corrected chi connectivity index (χ2v) is 5.15. The number of hydrogen-bond donors (Lipinski definition) is 2. The van der Waals surface area contributed by atoms with Crippen LogP contribution in [0.1, 0.15) is 18.3 Å². The van der Waals surface area contributed by atoms with Gasteiger partial charge in [-0.25, -0.2) is 4.98 Å². The number of benzene rings is 2. The predicted octanol–water partition coefficient (Wildman–Crippen LogP) is 4.96. The molecule has 0 saturated heterocycles. The molecule has 1 heterocycles. The largest absolute Gasteiger partial charge is 0.385 e. The molecule has 1 aromatic heterocycles. The van der Waals surface area contributed by atoms with E-state index in [-0.39, 0.29) is 11.4 Å². The zero-order valence-electron chi connectivity index (χ0n) is 13.0. The van der Waals surface area contributed by atoms with Gasteiger partial charge in [0.25, 0.3) is 0 Å². The van der Waals surface area contributed by atoms with Crippen molar-refractivity contribution in [3.8, 4) is 0 Å². The van der Waals surface area contributed by atoms with Crippen molar-refractivity contribution in [3.05, 3.63) is 57.6 Å². The van der Waals surface area contributed by atoms with E-state index in [9.17, 15) is 9.81 Å². The standard InChI is InChI=1S/C17H15N5O2/c1-2-18-12-5-7-13-15(10-12)20-17(19-13)8-4-11-3-6-14(21-23)16(9-11)22-24/h3-10,18H,2H2,1H3,(H,19,20)/b8-4+. The normalized spacial score (nSPS) is 11.0. The summed E-state index contributed by atoms with van der Waals surface area (Å²) in [7, 11) is 0. The number of fused-ring (bicyclic) bond motifs is 1. The summed E-state index contributed by atoms with van der Waals surface area (Å²) in [5.41, 5.74) is 3.60. The molecule has 24 heavy (non-hydrogen) atoms. The summed E-state index contributed by atoms with van der Waals surface area (Å²) >= 11 is 0. The molecule has 0 aliphatic rings. The lowest BCUT2D eigenvalue weighted by Gasteiger charge is -2.00. The van der Waals surface area contributed by atoms with Gasteiger partial charge < -0.3 is 10.3 Å².